The second kappa shape index (κ2) is 7.56. The van der Waals surface area contributed by atoms with Crippen LogP contribution in [0.25, 0.3) is 11.1 Å². The first-order valence-electron chi connectivity index (χ1n) is 8.99. The Bertz CT molecular complexity index is 1030. The third kappa shape index (κ3) is 3.20. The van der Waals surface area contributed by atoms with Crippen molar-refractivity contribution in [2.75, 3.05) is 14.2 Å². The highest BCUT2D eigenvalue weighted by Gasteiger charge is 2.31. The second-order valence-electron chi connectivity index (χ2n) is 6.65. The first kappa shape index (κ1) is 18.4. The molecule has 1 aliphatic heterocycles. The SMILES string of the molecule is COc1ccc(CN2Cc3c(ccc(Cl)c3-c3ccccc3)C2=O)c(OC)c1. The molecule has 0 atom stereocenters. The van der Waals surface area contributed by atoms with Crippen LogP contribution in [-0.2, 0) is 13.1 Å². The van der Waals surface area contributed by atoms with E-state index >= 15 is 0 Å². The summed E-state index contributed by atoms with van der Waals surface area (Å²) in [6, 6.07) is 19.2. The van der Waals surface area contributed by atoms with Crippen molar-refractivity contribution in [2.45, 2.75) is 13.1 Å². The predicted octanol–water partition coefficient (Wildman–Crippen LogP) is 5.18. The van der Waals surface area contributed by atoms with Gasteiger partial charge in [-0.15, -0.1) is 0 Å². The van der Waals surface area contributed by atoms with Gasteiger partial charge in [0.05, 0.1) is 14.2 Å². The molecule has 4 rings (SSSR count). The van der Waals surface area contributed by atoms with Crippen molar-refractivity contribution in [1.82, 2.24) is 4.90 Å². The van der Waals surface area contributed by atoms with Crippen LogP contribution in [0.2, 0.25) is 5.02 Å². The Balaban J connectivity index is 1.69. The highest BCUT2D eigenvalue weighted by Crippen LogP contribution is 2.39. The molecule has 142 valence electrons. The fraction of sp³-hybridized carbons (Fsp3) is 0.174. The van der Waals surface area contributed by atoms with Crippen molar-refractivity contribution in [3.05, 3.63) is 82.4 Å². The van der Waals surface area contributed by atoms with E-state index in [9.17, 15) is 4.79 Å². The van der Waals surface area contributed by atoms with Crippen LogP contribution in [0.5, 0.6) is 11.5 Å². The van der Waals surface area contributed by atoms with E-state index in [0.29, 0.717) is 29.4 Å². The molecule has 0 radical (unpaired) electrons. The minimum absolute atomic E-state index is 0.00159. The van der Waals surface area contributed by atoms with Gasteiger partial charge in [0.15, 0.2) is 0 Å². The largest absolute Gasteiger partial charge is 0.497 e. The monoisotopic (exact) mass is 393 g/mol. The van der Waals surface area contributed by atoms with Crippen LogP contribution in [0.15, 0.2) is 60.7 Å². The Hall–Kier alpha value is -2.98. The second-order valence-corrected chi connectivity index (χ2v) is 7.06. The number of halogens is 1. The molecule has 5 heteroatoms. The molecule has 1 amide bonds. The number of amides is 1. The van der Waals surface area contributed by atoms with Gasteiger partial charge < -0.3 is 14.4 Å². The number of ether oxygens (including phenoxy) is 2. The lowest BCUT2D eigenvalue weighted by molar-refractivity contribution is 0.0765. The molecule has 4 nitrogen and oxygen atoms in total. The number of nitrogens with zero attached hydrogens (tertiary/aromatic N) is 1. The average Bonchev–Trinajstić information content (AvgIpc) is 3.04. The third-order valence-electron chi connectivity index (χ3n) is 5.05. The first-order valence-corrected chi connectivity index (χ1v) is 9.37. The van der Waals surface area contributed by atoms with Crippen LogP contribution in [0.4, 0.5) is 0 Å². The molecule has 0 aromatic heterocycles. The summed E-state index contributed by atoms with van der Waals surface area (Å²) in [6.45, 7) is 0.959. The summed E-state index contributed by atoms with van der Waals surface area (Å²) < 4.78 is 10.7. The average molecular weight is 394 g/mol. The first-order chi connectivity index (χ1) is 13.6. The summed E-state index contributed by atoms with van der Waals surface area (Å²) in [6.07, 6.45) is 0. The van der Waals surface area contributed by atoms with Gasteiger partial charge in [0.2, 0.25) is 0 Å². The highest BCUT2D eigenvalue weighted by molar-refractivity contribution is 6.33. The van der Waals surface area contributed by atoms with Crippen molar-refractivity contribution in [3.8, 4) is 22.6 Å². The van der Waals surface area contributed by atoms with Crippen molar-refractivity contribution in [3.63, 3.8) is 0 Å². The summed E-state index contributed by atoms with van der Waals surface area (Å²) >= 11 is 6.52. The Morgan fingerprint density at radius 3 is 2.50 bits per heavy atom. The van der Waals surface area contributed by atoms with Gasteiger partial charge in [-0.3, -0.25) is 4.79 Å². The van der Waals surface area contributed by atoms with E-state index in [2.05, 4.69) is 0 Å². The van der Waals surface area contributed by atoms with Gasteiger partial charge in [-0.1, -0.05) is 41.9 Å². The molecule has 0 spiro atoms. The Morgan fingerprint density at radius 2 is 1.79 bits per heavy atom. The zero-order valence-electron chi connectivity index (χ0n) is 15.7. The van der Waals surface area contributed by atoms with Crippen LogP contribution in [0, 0.1) is 0 Å². The molecule has 0 fully saturated rings. The Kier molecular flexibility index (Phi) is 4.97. The normalized spacial score (nSPS) is 12.8. The number of hydrogen-bond donors (Lipinski definition) is 0. The molecule has 1 aliphatic rings. The molecular formula is C23H20ClNO3. The van der Waals surface area contributed by atoms with Crippen LogP contribution in [0.3, 0.4) is 0 Å². The highest BCUT2D eigenvalue weighted by atomic mass is 35.5. The standard InChI is InChI=1S/C23H20ClNO3/c1-27-17-9-8-16(21(12-17)28-2)13-25-14-19-18(23(25)26)10-11-20(24)22(19)15-6-4-3-5-7-15/h3-12H,13-14H2,1-2H3. The maximum atomic E-state index is 13.0. The number of carbonyl (C=O) groups excluding carboxylic acids is 1. The molecule has 0 saturated heterocycles. The number of hydrogen-bond acceptors (Lipinski definition) is 3. The van der Waals surface area contributed by atoms with Crippen LogP contribution in [-0.4, -0.2) is 25.0 Å². The molecule has 0 N–H and O–H groups in total. The van der Waals surface area contributed by atoms with Crippen molar-refractivity contribution in [2.24, 2.45) is 0 Å². The number of rotatable bonds is 5. The number of carbonyl (C=O) groups is 1. The van der Waals surface area contributed by atoms with Crippen molar-refractivity contribution < 1.29 is 14.3 Å². The lowest BCUT2D eigenvalue weighted by atomic mass is 9.97. The molecule has 0 unspecified atom stereocenters. The Labute approximate surface area is 169 Å². The molecule has 0 saturated carbocycles. The number of benzene rings is 3. The zero-order valence-corrected chi connectivity index (χ0v) is 16.5. The maximum Gasteiger partial charge on any atom is 0.254 e. The van der Waals surface area contributed by atoms with Gasteiger partial charge >= 0.3 is 0 Å². The van der Waals surface area contributed by atoms with Crippen molar-refractivity contribution in [1.29, 1.82) is 0 Å². The van der Waals surface area contributed by atoms with Gasteiger partial charge in [-0.2, -0.15) is 0 Å². The smallest absolute Gasteiger partial charge is 0.254 e. The fourth-order valence-corrected chi connectivity index (χ4v) is 3.94. The molecular weight excluding hydrogens is 374 g/mol. The minimum Gasteiger partial charge on any atom is -0.497 e. The number of fused-ring (bicyclic) bond motifs is 1. The van der Waals surface area contributed by atoms with Gasteiger partial charge in [0, 0.05) is 40.9 Å². The molecule has 3 aromatic rings. The van der Waals surface area contributed by atoms with E-state index in [1.807, 2.05) is 59.5 Å². The van der Waals surface area contributed by atoms with E-state index in [-0.39, 0.29) is 5.91 Å². The summed E-state index contributed by atoms with van der Waals surface area (Å²) in [5.41, 5.74) is 4.54. The fourth-order valence-electron chi connectivity index (χ4n) is 3.65. The quantitative estimate of drug-likeness (QED) is 0.599. The maximum absolute atomic E-state index is 13.0. The predicted molar refractivity (Wildman–Crippen MR) is 110 cm³/mol. The molecule has 28 heavy (non-hydrogen) atoms. The van der Waals surface area contributed by atoms with E-state index in [1.165, 1.54) is 0 Å². The van der Waals surface area contributed by atoms with Gasteiger partial charge in [-0.05, 0) is 35.4 Å². The van der Waals surface area contributed by atoms with Crippen LogP contribution < -0.4 is 9.47 Å². The Morgan fingerprint density at radius 1 is 1.00 bits per heavy atom. The van der Waals surface area contributed by atoms with Gasteiger partial charge in [-0.25, -0.2) is 0 Å². The van der Waals surface area contributed by atoms with Crippen LogP contribution >= 0.6 is 11.6 Å². The van der Waals surface area contributed by atoms with E-state index < -0.39 is 0 Å². The van der Waals surface area contributed by atoms with E-state index in [1.54, 1.807) is 20.3 Å². The summed E-state index contributed by atoms with van der Waals surface area (Å²) in [7, 11) is 3.23. The lowest BCUT2D eigenvalue weighted by Crippen LogP contribution is -2.23. The summed E-state index contributed by atoms with van der Waals surface area (Å²) in [4.78, 5) is 14.9. The molecule has 0 aliphatic carbocycles. The van der Waals surface area contributed by atoms with E-state index in [0.717, 1.165) is 28.0 Å². The van der Waals surface area contributed by atoms with E-state index in [4.69, 9.17) is 21.1 Å². The number of methoxy groups -OCH3 is 2. The summed E-state index contributed by atoms with van der Waals surface area (Å²) in [5, 5.41) is 0.654. The molecule has 0 bridgehead atoms. The van der Waals surface area contributed by atoms with Crippen LogP contribution in [0.1, 0.15) is 21.5 Å². The zero-order chi connectivity index (χ0) is 19.7. The molecule has 3 aromatic carbocycles. The topological polar surface area (TPSA) is 38.8 Å². The van der Waals surface area contributed by atoms with Gasteiger partial charge in [0.1, 0.15) is 11.5 Å². The van der Waals surface area contributed by atoms with Gasteiger partial charge in [0.25, 0.3) is 5.91 Å². The molecule has 1 heterocycles. The third-order valence-corrected chi connectivity index (χ3v) is 5.36. The minimum atomic E-state index is 0.00159. The lowest BCUT2D eigenvalue weighted by Gasteiger charge is -2.18. The van der Waals surface area contributed by atoms with Crippen molar-refractivity contribution >= 4 is 17.5 Å². The summed E-state index contributed by atoms with van der Waals surface area (Å²) in [5.74, 6) is 1.42.